The summed E-state index contributed by atoms with van der Waals surface area (Å²) in [7, 11) is 0. The molecule has 48 heavy (non-hydrogen) atoms. The van der Waals surface area contributed by atoms with Crippen molar-refractivity contribution in [3.8, 4) is 0 Å². The lowest BCUT2D eigenvalue weighted by molar-refractivity contribution is -0.351. The van der Waals surface area contributed by atoms with Gasteiger partial charge in [0.05, 0.1) is 38.6 Å². The smallest absolute Gasteiger partial charge is 0.222 e. The van der Waals surface area contributed by atoms with Gasteiger partial charge in [0, 0.05) is 17.0 Å². The second kappa shape index (κ2) is 16.4. The average molecular weight is 661 g/mol. The van der Waals surface area contributed by atoms with Crippen molar-refractivity contribution < 1.29 is 24.1 Å². The largest absolute Gasteiger partial charge is 0.374 e. The number of benzene rings is 5. The molecule has 0 spiro atoms. The fourth-order valence-electron chi connectivity index (χ4n) is 6.06. The molecule has 0 amide bonds. The van der Waals surface area contributed by atoms with Crippen LogP contribution >= 0.6 is 11.6 Å². The number of rotatable bonds is 14. The van der Waals surface area contributed by atoms with Crippen molar-refractivity contribution in [1.29, 1.82) is 0 Å². The van der Waals surface area contributed by atoms with Crippen LogP contribution in [0, 0.1) is 0 Å². The first-order chi connectivity index (χ1) is 23.5. The van der Waals surface area contributed by atoms with E-state index in [2.05, 4.69) is 18.7 Å². The molecular weight excluding hydrogens is 620 g/mol. The summed E-state index contributed by atoms with van der Waals surface area (Å²) < 4.78 is 26.0. The number of hydrogen-bond acceptors (Lipinski definition) is 5. The third-order valence-electron chi connectivity index (χ3n) is 8.63. The molecular formula is C42H41ClO5. The number of aliphatic hydroxyl groups is 1. The quantitative estimate of drug-likeness (QED) is 0.129. The fraction of sp³-hybridized carbons (Fsp3) is 0.238. The van der Waals surface area contributed by atoms with Gasteiger partial charge in [0.1, 0.15) is 6.10 Å². The van der Waals surface area contributed by atoms with Crippen LogP contribution in [0.25, 0.3) is 6.08 Å². The first kappa shape index (κ1) is 33.8. The van der Waals surface area contributed by atoms with E-state index < -0.39 is 24.1 Å². The molecule has 0 aliphatic carbocycles. The normalized spacial score (nSPS) is 20.8. The maximum atomic E-state index is 12.7. The van der Waals surface area contributed by atoms with Gasteiger partial charge in [0.2, 0.25) is 5.79 Å². The molecule has 0 radical (unpaired) electrons. The summed E-state index contributed by atoms with van der Waals surface area (Å²) in [4.78, 5) is 0. The van der Waals surface area contributed by atoms with Crippen LogP contribution < -0.4 is 0 Å². The van der Waals surface area contributed by atoms with Crippen LogP contribution in [0.2, 0.25) is 5.02 Å². The van der Waals surface area contributed by atoms with E-state index in [1.165, 1.54) is 0 Å². The van der Waals surface area contributed by atoms with E-state index in [1.807, 2.05) is 127 Å². The van der Waals surface area contributed by atoms with Crippen LogP contribution in [-0.2, 0) is 51.0 Å². The van der Waals surface area contributed by atoms with E-state index >= 15 is 0 Å². The maximum Gasteiger partial charge on any atom is 0.222 e. The highest BCUT2D eigenvalue weighted by molar-refractivity contribution is 6.31. The topological polar surface area (TPSA) is 57.2 Å². The van der Waals surface area contributed by atoms with Crippen molar-refractivity contribution in [2.45, 2.75) is 56.8 Å². The average Bonchev–Trinajstić information content (AvgIpc) is 3.13. The van der Waals surface area contributed by atoms with Crippen LogP contribution in [-0.4, -0.2) is 30.0 Å². The molecule has 1 unspecified atom stereocenters. The molecule has 5 nitrogen and oxygen atoms in total. The van der Waals surface area contributed by atoms with Gasteiger partial charge in [-0.2, -0.15) is 0 Å². The summed E-state index contributed by atoms with van der Waals surface area (Å²) in [6.45, 7) is 5.18. The highest BCUT2D eigenvalue weighted by atomic mass is 35.5. The second-order valence-corrected chi connectivity index (χ2v) is 12.6. The van der Waals surface area contributed by atoms with Crippen LogP contribution in [0.3, 0.4) is 0 Å². The number of hydrogen-bond donors (Lipinski definition) is 1. The molecule has 5 aromatic carbocycles. The summed E-state index contributed by atoms with van der Waals surface area (Å²) >= 11 is 6.75. The summed E-state index contributed by atoms with van der Waals surface area (Å²) in [6.07, 6.45) is 1.03. The molecule has 4 atom stereocenters. The Labute approximate surface area is 288 Å². The predicted octanol–water partition coefficient (Wildman–Crippen LogP) is 8.90. The molecule has 6 rings (SSSR count). The minimum atomic E-state index is -1.86. The maximum absolute atomic E-state index is 12.7. The standard InChI is InChI=1S/C42H41ClO5/c1-2-31-18-20-32(21-19-31)24-36-25-37(22-23-39(36)43)42(44)41(47-29-35-16-10-5-11-17-35)40(46-28-34-14-8-4-9-15-34)26-38(48-42)30-45-27-33-12-6-3-7-13-33/h2-23,25,38,40-41,44H,1,24,26-30H2/t38-,40-,41+,42?/m0/s1. The van der Waals surface area contributed by atoms with Gasteiger partial charge in [-0.15, -0.1) is 0 Å². The Balaban J connectivity index is 1.32. The summed E-state index contributed by atoms with van der Waals surface area (Å²) in [5.74, 6) is -1.86. The van der Waals surface area contributed by atoms with E-state index in [1.54, 1.807) is 0 Å². The molecule has 6 heteroatoms. The minimum absolute atomic E-state index is 0.268. The first-order valence-corrected chi connectivity index (χ1v) is 16.7. The lowest BCUT2D eigenvalue weighted by Gasteiger charge is -2.47. The van der Waals surface area contributed by atoms with Gasteiger partial charge >= 0.3 is 0 Å². The van der Waals surface area contributed by atoms with Crippen LogP contribution in [0.5, 0.6) is 0 Å². The van der Waals surface area contributed by atoms with Gasteiger partial charge in [-0.25, -0.2) is 0 Å². The van der Waals surface area contributed by atoms with Gasteiger partial charge in [-0.1, -0.05) is 146 Å². The van der Waals surface area contributed by atoms with Crippen molar-refractivity contribution >= 4 is 17.7 Å². The van der Waals surface area contributed by atoms with Gasteiger partial charge < -0.3 is 24.1 Å². The molecule has 0 saturated carbocycles. The zero-order valence-corrected chi connectivity index (χ0v) is 27.7. The van der Waals surface area contributed by atoms with E-state index in [9.17, 15) is 5.11 Å². The van der Waals surface area contributed by atoms with Gasteiger partial charge in [-0.05, 0) is 51.9 Å². The Morgan fingerprint density at radius 1 is 0.729 bits per heavy atom. The van der Waals surface area contributed by atoms with E-state index in [4.69, 9.17) is 30.5 Å². The third-order valence-corrected chi connectivity index (χ3v) is 9.00. The molecule has 1 saturated heterocycles. The minimum Gasteiger partial charge on any atom is -0.374 e. The van der Waals surface area contributed by atoms with Crippen molar-refractivity contribution in [2.75, 3.05) is 6.61 Å². The molecule has 0 aromatic heterocycles. The Hall–Kier alpha value is -4.07. The third kappa shape index (κ3) is 8.69. The predicted molar refractivity (Wildman–Crippen MR) is 190 cm³/mol. The van der Waals surface area contributed by atoms with Gasteiger partial charge in [-0.3, -0.25) is 0 Å². The van der Waals surface area contributed by atoms with Crippen molar-refractivity contribution in [3.05, 3.63) is 184 Å². The van der Waals surface area contributed by atoms with E-state index in [0.29, 0.717) is 36.6 Å². The lowest BCUT2D eigenvalue weighted by Crippen LogP contribution is -2.58. The van der Waals surface area contributed by atoms with E-state index in [0.717, 1.165) is 33.4 Å². The number of ether oxygens (including phenoxy) is 4. The summed E-state index contributed by atoms with van der Waals surface area (Å²) in [6, 6.07) is 43.7. The zero-order valence-electron chi connectivity index (χ0n) is 26.9. The van der Waals surface area contributed by atoms with Crippen LogP contribution in [0.15, 0.2) is 140 Å². The second-order valence-electron chi connectivity index (χ2n) is 12.2. The first-order valence-electron chi connectivity index (χ1n) is 16.3. The van der Waals surface area contributed by atoms with Crippen LogP contribution in [0.4, 0.5) is 0 Å². The van der Waals surface area contributed by atoms with Crippen LogP contribution in [0.1, 0.15) is 45.4 Å². The SMILES string of the molecule is C=Cc1ccc(Cc2cc(C3(O)O[C@H](COCc4ccccc4)C[C@H](OCc4ccccc4)[C@H]3OCc3ccccc3)ccc2Cl)cc1. The Bertz CT molecular complexity index is 1730. The Kier molecular flexibility index (Phi) is 11.5. The number of halogens is 1. The Morgan fingerprint density at radius 3 is 1.92 bits per heavy atom. The zero-order chi connectivity index (χ0) is 33.2. The molecule has 0 bridgehead atoms. The van der Waals surface area contributed by atoms with E-state index in [-0.39, 0.29) is 13.2 Å². The molecule has 1 aliphatic rings. The van der Waals surface area contributed by atoms with Crippen molar-refractivity contribution in [1.82, 2.24) is 0 Å². The monoisotopic (exact) mass is 660 g/mol. The van der Waals surface area contributed by atoms with Gasteiger partial charge in [0.25, 0.3) is 0 Å². The summed E-state index contributed by atoms with van der Waals surface area (Å²) in [5.41, 5.74) is 6.62. The van der Waals surface area contributed by atoms with Crippen molar-refractivity contribution in [2.24, 2.45) is 0 Å². The molecule has 1 N–H and O–H groups in total. The molecule has 1 fully saturated rings. The molecule has 246 valence electrons. The van der Waals surface area contributed by atoms with Crippen molar-refractivity contribution in [3.63, 3.8) is 0 Å². The van der Waals surface area contributed by atoms with Gasteiger partial charge in [0.15, 0.2) is 0 Å². The fourth-order valence-corrected chi connectivity index (χ4v) is 6.24. The lowest BCUT2D eigenvalue weighted by atomic mass is 9.88. The molecule has 5 aromatic rings. The molecule has 1 aliphatic heterocycles. The Morgan fingerprint density at radius 2 is 1.31 bits per heavy atom. The summed E-state index contributed by atoms with van der Waals surface area (Å²) in [5, 5.41) is 13.4. The molecule has 1 heterocycles. The highest BCUT2D eigenvalue weighted by Crippen LogP contribution is 2.41. The highest BCUT2D eigenvalue weighted by Gasteiger charge is 2.52.